The van der Waals surface area contributed by atoms with Crippen LogP contribution >= 0.6 is 38.9 Å². The summed E-state index contributed by atoms with van der Waals surface area (Å²) in [5.74, 6) is 1.50. The van der Waals surface area contributed by atoms with Gasteiger partial charge in [-0.1, -0.05) is 48.0 Å². The second kappa shape index (κ2) is 10.1. The van der Waals surface area contributed by atoms with E-state index in [0.717, 1.165) is 64.0 Å². The molecular formula is C28H27BrClN5S. The van der Waals surface area contributed by atoms with Gasteiger partial charge in [-0.15, -0.1) is 11.3 Å². The quantitative estimate of drug-likeness (QED) is 0.224. The van der Waals surface area contributed by atoms with Crippen molar-refractivity contribution >= 4 is 60.4 Å². The molecule has 2 aromatic carbocycles. The molecule has 8 heteroatoms. The van der Waals surface area contributed by atoms with Crippen molar-refractivity contribution in [2.45, 2.75) is 26.3 Å². The fraction of sp³-hybridized carbons (Fsp3) is 0.286. The first-order valence-electron chi connectivity index (χ1n) is 12.3. The van der Waals surface area contributed by atoms with Crippen molar-refractivity contribution in [1.29, 1.82) is 0 Å². The molecule has 1 unspecified atom stereocenters. The number of likely N-dealkylation sites (tertiary alicyclic amines) is 1. The number of nitrogens with zero attached hydrogens (tertiary/aromatic N) is 4. The summed E-state index contributed by atoms with van der Waals surface area (Å²) in [5.41, 5.74) is 5.04. The summed E-state index contributed by atoms with van der Waals surface area (Å²) in [6.45, 7) is 6.17. The highest BCUT2D eigenvalue weighted by Gasteiger charge is 2.22. The van der Waals surface area contributed by atoms with Gasteiger partial charge < -0.3 is 5.32 Å². The number of hydrogen-bond donors (Lipinski definition) is 1. The molecule has 1 aliphatic rings. The molecule has 4 heterocycles. The lowest BCUT2D eigenvalue weighted by Gasteiger charge is -2.33. The molecule has 0 radical (unpaired) electrons. The third-order valence-electron chi connectivity index (χ3n) is 7.03. The van der Waals surface area contributed by atoms with E-state index in [4.69, 9.17) is 16.6 Å². The Bertz CT molecular complexity index is 1540. The van der Waals surface area contributed by atoms with Crippen LogP contribution in [0.25, 0.3) is 27.0 Å². The summed E-state index contributed by atoms with van der Waals surface area (Å²) in [6, 6.07) is 16.9. The van der Waals surface area contributed by atoms with Crippen LogP contribution in [0.2, 0.25) is 5.02 Å². The number of thiophene rings is 1. The van der Waals surface area contributed by atoms with E-state index in [1.165, 1.54) is 28.5 Å². The summed E-state index contributed by atoms with van der Waals surface area (Å²) in [5, 5.41) is 12.7. The Morgan fingerprint density at radius 1 is 1.19 bits per heavy atom. The molecule has 0 amide bonds. The maximum Gasteiger partial charge on any atom is 0.172 e. The molecule has 184 valence electrons. The zero-order valence-corrected chi connectivity index (χ0v) is 23.2. The monoisotopic (exact) mass is 579 g/mol. The van der Waals surface area contributed by atoms with Gasteiger partial charge >= 0.3 is 0 Å². The minimum atomic E-state index is 0.567. The van der Waals surface area contributed by atoms with Gasteiger partial charge in [0.1, 0.15) is 5.82 Å². The van der Waals surface area contributed by atoms with Gasteiger partial charge in [0.25, 0.3) is 0 Å². The van der Waals surface area contributed by atoms with E-state index in [9.17, 15) is 0 Å². The fourth-order valence-corrected chi connectivity index (χ4v) is 6.68. The number of rotatable bonds is 6. The van der Waals surface area contributed by atoms with Crippen LogP contribution in [0.15, 0.2) is 64.6 Å². The number of nitrogens with one attached hydrogen (secondary N) is 1. The molecule has 5 aromatic rings. The van der Waals surface area contributed by atoms with Gasteiger partial charge in [-0.25, -0.2) is 4.98 Å². The summed E-state index contributed by atoms with van der Waals surface area (Å²) in [6.07, 6.45) is 4.24. The van der Waals surface area contributed by atoms with Gasteiger partial charge in [-0.2, -0.15) is 9.61 Å². The van der Waals surface area contributed by atoms with Gasteiger partial charge in [0.2, 0.25) is 0 Å². The number of aromatic nitrogens is 3. The molecule has 1 N–H and O–H groups in total. The van der Waals surface area contributed by atoms with Crippen molar-refractivity contribution in [2.75, 3.05) is 25.0 Å². The maximum atomic E-state index is 6.66. The van der Waals surface area contributed by atoms with Crippen molar-refractivity contribution in [3.63, 3.8) is 0 Å². The van der Waals surface area contributed by atoms with Crippen molar-refractivity contribution in [3.8, 4) is 11.3 Å². The second-order valence-corrected chi connectivity index (χ2v) is 11.7. The van der Waals surface area contributed by atoms with E-state index in [-0.39, 0.29) is 0 Å². The molecule has 0 spiro atoms. The van der Waals surface area contributed by atoms with Crippen LogP contribution in [-0.2, 0) is 6.54 Å². The molecule has 1 fully saturated rings. The Morgan fingerprint density at radius 3 is 3.00 bits per heavy atom. The lowest BCUT2D eigenvalue weighted by molar-refractivity contribution is 0.174. The highest BCUT2D eigenvalue weighted by molar-refractivity contribution is 9.10. The van der Waals surface area contributed by atoms with Gasteiger partial charge in [-0.05, 0) is 76.1 Å². The Hall–Kier alpha value is -2.45. The highest BCUT2D eigenvalue weighted by Crippen LogP contribution is 2.33. The smallest absolute Gasteiger partial charge is 0.172 e. The van der Waals surface area contributed by atoms with E-state index in [2.05, 4.69) is 67.0 Å². The van der Waals surface area contributed by atoms with Crippen molar-refractivity contribution in [3.05, 3.63) is 80.7 Å². The molecule has 0 aliphatic carbocycles. The van der Waals surface area contributed by atoms with Gasteiger partial charge in [-0.3, -0.25) is 4.90 Å². The Balaban J connectivity index is 1.21. The number of halogens is 2. The zero-order valence-electron chi connectivity index (χ0n) is 20.0. The molecule has 1 saturated heterocycles. The van der Waals surface area contributed by atoms with Crippen LogP contribution in [0.3, 0.4) is 0 Å². The van der Waals surface area contributed by atoms with E-state index in [1.807, 2.05) is 41.0 Å². The number of aryl methyl sites for hydroxylation is 1. The van der Waals surface area contributed by atoms with Crippen LogP contribution in [0.1, 0.15) is 24.0 Å². The first-order valence-corrected chi connectivity index (χ1v) is 14.3. The van der Waals surface area contributed by atoms with Crippen LogP contribution in [0, 0.1) is 12.8 Å². The third-order valence-corrected chi connectivity index (χ3v) is 9.10. The van der Waals surface area contributed by atoms with Crippen LogP contribution in [0.5, 0.6) is 0 Å². The van der Waals surface area contributed by atoms with Crippen molar-refractivity contribution in [1.82, 2.24) is 19.5 Å². The number of piperidine rings is 1. The lowest BCUT2D eigenvalue weighted by Crippen LogP contribution is -2.37. The second-order valence-electron chi connectivity index (χ2n) is 9.57. The van der Waals surface area contributed by atoms with Crippen molar-refractivity contribution < 1.29 is 0 Å². The summed E-state index contributed by atoms with van der Waals surface area (Å²) < 4.78 is 4.11. The first-order chi connectivity index (χ1) is 17.6. The molecule has 5 nitrogen and oxygen atoms in total. The van der Waals surface area contributed by atoms with Gasteiger partial charge in [0.05, 0.1) is 21.4 Å². The maximum absolute atomic E-state index is 6.66. The SMILES string of the molecule is Cc1cccc(-c2cc(NCC3CCCN(Cc4csc5ccccc45)C3)n3ncc(Br)c3n2)c1Cl. The minimum Gasteiger partial charge on any atom is -0.370 e. The van der Waals surface area contributed by atoms with Crippen LogP contribution < -0.4 is 5.32 Å². The number of fused-ring (bicyclic) bond motifs is 2. The standard InChI is InChI=1S/C28H27BrClN5S/c1-18-6-4-9-22(27(18)30)24-12-26(35-28(33-24)23(29)14-32-35)31-13-19-7-5-11-34(15-19)16-20-17-36-25-10-3-2-8-21(20)25/h2-4,6,8-10,12,14,17,19,31H,5,7,11,13,15-16H2,1H3. The van der Waals surface area contributed by atoms with E-state index >= 15 is 0 Å². The van der Waals surface area contributed by atoms with Gasteiger partial charge in [0, 0.05) is 36.0 Å². The molecule has 1 atom stereocenters. The summed E-state index contributed by atoms with van der Waals surface area (Å²) in [7, 11) is 0. The molecule has 6 rings (SSSR count). The number of hydrogen-bond acceptors (Lipinski definition) is 5. The van der Waals surface area contributed by atoms with Gasteiger partial charge in [0.15, 0.2) is 5.65 Å². The summed E-state index contributed by atoms with van der Waals surface area (Å²) in [4.78, 5) is 7.47. The molecule has 0 saturated carbocycles. The first kappa shape index (κ1) is 23.9. The summed E-state index contributed by atoms with van der Waals surface area (Å²) >= 11 is 12.1. The van der Waals surface area contributed by atoms with E-state index in [1.54, 1.807) is 6.20 Å². The lowest BCUT2D eigenvalue weighted by atomic mass is 9.97. The van der Waals surface area contributed by atoms with Crippen molar-refractivity contribution in [2.24, 2.45) is 5.92 Å². The zero-order chi connectivity index (χ0) is 24.6. The molecular weight excluding hydrogens is 554 g/mol. The Kier molecular flexibility index (Phi) is 6.73. The predicted octanol–water partition coefficient (Wildman–Crippen LogP) is 7.66. The van der Waals surface area contributed by atoms with Crippen LogP contribution in [0.4, 0.5) is 5.82 Å². The normalized spacial score (nSPS) is 16.7. The minimum absolute atomic E-state index is 0.567. The topological polar surface area (TPSA) is 45.5 Å². The van der Waals surface area contributed by atoms with E-state index in [0.29, 0.717) is 5.92 Å². The molecule has 1 aliphatic heterocycles. The molecule has 36 heavy (non-hydrogen) atoms. The molecule has 0 bridgehead atoms. The average Bonchev–Trinajstić information content (AvgIpc) is 3.48. The largest absolute Gasteiger partial charge is 0.370 e. The number of benzene rings is 2. The van der Waals surface area contributed by atoms with E-state index < -0.39 is 0 Å². The molecule has 3 aromatic heterocycles. The Labute approximate surface area is 228 Å². The average molecular weight is 581 g/mol. The number of anilines is 1. The third kappa shape index (κ3) is 4.65. The fourth-order valence-electron chi connectivity index (χ4n) is 5.15. The highest BCUT2D eigenvalue weighted by atomic mass is 79.9. The predicted molar refractivity (Wildman–Crippen MR) is 154 cm³/mol. The Morgan fingerprint density at radius 2 is 2.08 bits per heavy atom. The van der Waals surface area contributed by atoms with Crippen LogP contribution in [-0.4, -0.2) is 39.1 Å².